The van der Waals surface area contributed by atoms with E-state index in [1.807, 2.05) is 12.1 Å². The first-order valence-electron chi connectivity index (χ1n) is 7.69. The summed E-state index contributed by atoms with van der Waals surface area (Å²) in [5.74, 6) is 1.12. The fourth-order valence-corrected chi connectivity index (χ4v) is 4.13. The fraction of sp³-hybridized carbons (Fsp3) is 0.625. The van der Waals surface area contributed by atoms with Gasteiger partial charge < -0.3 is 10.4 Å². The Labute approximate surface area is 153 Å². The molecule has 0 amide bonds. The number of hydrogen-bond acceptors (Lipinski definition) is 3. The lowest BCUT2D eigenvalue weighted by Gasteiger charge is -2.39. The van der Waals surface area contributed by atoms with Crippen molar-refractivity contribution in [1.82, 2.24) is 10.2 Å². The lowest BCUT2D eigenvalue weighted by atomic mass is 9.89. The van der Waals surface area contributed by atoms with Crippen LogP contribution in [0.25, 0.3) is 0 Å². The zero-order chi connectivity index (χ0) is 13.9. The molecule has 6 heteroatoms. The normalized spacial score (nSPS) is 21.0. The average Bonchev–Trinajstić information content (AvgIpc) is 2.99. The largest absolute Gasteiger partial charge is 0.506 e. The highest BCUT2D eigenvalue weighted by molar-refractivity contribution is 9.10. The van der Waals surface area contributed by atoms with E-state index >= 15 is 0 Å². The Morgan fingerprint density at radius 1 is 1.14 bits per heavy atom. The highest BCUT2D eigenvalue weighted by atomic mass is 79.9. The molecule has 1 saturated heterocycles. The van der Waals surface area contributed by atoms with Crippen molar-refractivity contribution < 1.29 is 5.11 Å². The van der Waals surface area contributed by atoms with Crippen LogP contribution in [0.5, 0.6) is 5.75 Å². The summed E-state index contributed by atoms with van der Waals surface area (Å²) in [6.45, 7) is 4.26. The summed E-state index contributed by atoms with van der Waals surface area (Å²) >= 11 is 3.47. The minimum Gasteiger partial charge on any atom is -0.506 e. The van der Waals surface area contributed by atoms with Crippen molar-refractivity contribution in [2.45, 2.75) is 31.7 Å². The Balaban J connectivity index is 0.00000121. The van der Waals surface area contributed by atoms with E-state index in [9.17, 15) is 5.11 Å². The molecule has 1 saturated carbocycles. The van der Waals surface area contributed by atoms with Gasteiger partial charge in [0.05, 0.1) is 4.47 Å². The Bertz CT molecular complexity index is 463. The van der Waals surface area contributed by atoms with Crippen molar-refractivity contribution in [3.8, 4) is 5.75 Å². The van der Waals surface area contributed by atoms with Crippen LogP contribution >= 0.6 is 40.7 Å². The van der Waals surface area contributed by atoms with Crippen LogP contribution in [0.15, 0.2) is 22.7 Å². The number of rotatable bonds is 3. The smallest absolute Gasteiger partial charge is 0.134 e. The van der Waals surface area contributed by atoms with E-state index in [1.165, 1.54) is 25.7 Å². The second-order valence-electron chi connectivity index (χ2n) is 5.95. The minimum atomic E-state index is 0. The standard InChI is InChI=1S/C16H23BrN2O.2ClH/c17-14-7-3-6-13(16(14)20)15(12-4-1-2-5-12)19-10-8-18-9-11-19;;/h3,6-7,12,15,18,20H,1-2,4-5,8-11H2;2*1H/t15-;;/m0../s1. The molecule has 1 aromatic carbocycles. The van der Waals surface area contributed by atoms with Crippen LogP contribution < -0.4 is 5.32 Å². The zero-order valence-corrected chi connectivity index (χ0v) is 15.9. The summed E-state index contributed by atoms with van der Waals surface area (Å²) in [5, 5.41) is 13.9. The Morgan fingerprint density at radius 3 is 2.41 bits per heavy atom. The first-order chi connectivity index (χ1) is 9.77. The molecular formula is C16H25BrCl2N2O. The first kappa shape index (κ1) is 20.0. The van der Waals surface area contributed by atoms with E-state index in [0.29, 0.717) is 17.7 Å². The predicted octanol–water partition coefficient (Wildman–Crippen LogP) is 4.13. The van der Waals surface area contributed by atoms with E-state index in [4.69, 9.17) is 0 Å². The lowest BCUT2D eigenvalue weighted by Crippen LogP contribution is -2.46. The molecule has 2 fully saturated rings. The van der Waals surface area contributed by atoms with E-state index in [0.717, 1.165) is 36.2 Å². The summed E-state index contributed by atoms with van der Waals surface area (Å²) in [5.41, 5.74) is 1.10. The van der Waals surface area contributed by atoms with Crippen LogP contribution in [0.2, 0.25) is 0 Å². The number of hydrogen-bond donors (Lipinski definition) is 2. The molecule has 1 aliphatic heterocycles. The molecule has 1 atom stereocenters. The third-order valence-electron chi connectivity index (χ3n) is 4.73. The van der Waals surface area contributed by atoms with Crippen LogP contribution in [0.4, 0.5) is 0 Å². The lowest BCUT2D eigenvalue weighted by molar-refractivity contribution is 0.123. The highest BCUT2D eigenvalue weighted by Crippen LogP contribution is 2.44. The molecule has 2 aliphatic rings. The second kappa shape index (κ2) is 9.33. The number of phenolic OH excluding ortho intramolecular Hbond substituents is 1. The number of benzene rings is 1. The molecule has 3 rings (SSSR count). The number of nitrogens with one attached hydrogen (secondary N) is 1. The quantitative estimate of drug-likeness (QED) is 0.784. The number of piperazine rings is 1. The van der Waals surface area contributed by atoms with Gasteiger partial charge >= 0.3 is 0 Å². The van der Waals surface area contributed by atoms with Crippen LogP contribution in [-0.4, -0.2) is 36.2 Å². The fourth-order valence-electron chi connectivity index (χ4n) is 3.75. The maximum Gasteiger partial charge on any atom is 0.134 e. The molecule has 1 aliphatic carbocycles. The van der Waals surface area contributed by atoms with Crippen LogP contribution in [-0.2, 0) is 0 Å². The number of para-hydroxylation sites is 1. The molecule has 126 valence electrons. The van der Waals surface area contributed by atoms with Gasteiger partial charge in [-0.05, 0) is 40.8 Å². The Hall–Kier alpha value is -0.000000000000000153. The van der Waals surface area contributed by atoms with E-state index in [-0.39, 0.29) is 24.8 Å². The van der Waals surface area contributed by atoms with Gasteiger partial charge in [-0.25, -0.2) is 0 Å². The van der Waals surface area contributed by atoms with Crippen molar-refractivity contribution in [1.29, 1.82) is 0 Å². The van der Waals surface area contributed by atoms with Gasteiger partial charge in [0.15, 0.2) is 0 Å². The monoisotopic (exact) mass is 410 g/mol. The summed E-state index contributed by atoms with van der Waals surface area (Å²) in [6.07, 6.45) is 5.26. The third kappa shape index (κ3) is 4.30. The molecule has 0 aromatic heterocycles. The Morgan fingerprint density at radius 2 is 1.77 bits per heavy atom. The molecule has 22 heavy (non-hydrogen) atoms. The van der Waals surface area contributed by atoms with Gasteiger partial charge in [0.2, 0.25) is 0 Å². The highest BCUT2D eigenvalue weighted by Gasteiger charge is 2.33. The third-order valence-corrected chi connectivity index (χ3v) is 5.37. The maximum atomic E-state index is 10.5. The second-order valence-corrected chi connectivity index (χ2v) is 6.81. The molecular weight excluding hydrogens is 387 g/mol. The SMILES string of the molecule is Cl.Cl.Oc1c(Br)cccc1[C@H](C1CCCC1)N1CCNCC1. The van der Waals surface area contributed by atoms with Gasteiger partial charge in [-0.15, -0.1) is 24.8 Å². The molecule has 0 unspecified atom stereocenters. The van der Waals surface area contributed by atoms with Crippen LogP contribution in [0.1, 0.15) is 37.3 Å². The van der Waals surface area contributed by atoms with Crippen molar-refractivity contribution in [3.63, 3.8) is 0 Å². The van der Waals surface area contributed by atoms with Crippen molar-refractivity contribution in [2.75, 3.05) is 26.2 Å². The molecule has 3 nitrogen and oxygen atoms in total. The van der Waals surface area contributed by atoms with E-state index in [2.05, 4.69) is 32.2 Å². The predicted molar refractivity (Wildman–Crippen MR) is 99.4 cm³/mol. The van der Waals surface area contributed by atoms with Gasteiger partial charge in [-0.3, -0.25) is 4.90 Å². The summed E-state index contributed by atoms with van der Waals surface area (Å²) in [4.78, 5) is 2.56. The van der Waals surface area contributed by atoms with Gasteiger partial charge in [0, 0.05) is 37.8 Å². The topological polar surface area (TPSA) is 35.5 Å². The van der Waals surface area contributed by atoms with Crippen molar-refractivity contribution in [2.24, 2.45) is 5.92 Å². The summed E-state index contributed by atoms with van der Waals surface area (Å²) in [6, 6.07) is 6.44. The summed E-state index contributed by atoms with van der Waals surface area (Å²) < 4.78 is 0.813. The summed E-state index contributed by atoms with van der Waals surface area (Å²) in [7, 11) is 0. The molecule has 2 N–H and O–H groups in total. The number of phenols is 1. The van der Waals surface area contributed by atoms with Gasteiger partial charge in [-0.2, -0.15) is 0 Å². The first-order valence-corrected chi connectivity index (χ1v) is 8.49. The Kier molecular flexibility index (Phi) is 8.50. The molecule has 0 radical (unpaired) electrons. The molecule has 0 spiro atoms. The average molecular weight is 412 g/mol. The van der Waals surface area contributed by atoms with E-state index in [1.54, 1.807) is 0 Å². The number of halogens is 3. The van der Waals surface area contributed by atoms with Crippen molar-refractivity contribution >= 4 is 40.7 Å². The van der Waals surface area contributed by atoms with Gasteiger partial charge in [-0.1, -0.05) is 25.0 Å². The van der Waals surface area contributed by atoms with Crippen molar-refractivity contribution in [3.05, 3.63) is 28.2 Å². The van der Waals surface area contributed by atoms with Gasteiger partial charge in [0.1, 0.15) is 5.75 Å². The van der Waals surface area contributed by atoms with Crippen LogP contribution in [0, 0.1) is 5.92 Å². The molecule has 0 bridgehead atoms. The zero-order valence-electron chi connectivity index (χ0n) is 12.6. The maximum absolute atomic E-state index is 10.5. The number of aromatic hydroxyl groups is 1. The van der Waals surface area contributed by atoms with Gasteiger partial charge in [0.25, 0.3) is 0 Å². The number of nitrogens with zero attached hydrogens (tertiary/aromatic N) is 1. The van der Waals surface area contributed by atoms with Crippen LogP contribution in [0.3, 0.4) is 0 Å². The van der Waals surface area contributed by atoms with E-state index < -0.39 is 0 Å². The minimum absolute atomic E-state index is 0. The molecule has 1 aromatic rings. The molecule has 1 heterocycles.